The van der Waals surface area contributed by atoms with Gasteiger partial charge in [0.05, 0.1) is 22.3 Å². The Morgan fingerprint density at radius 1 is 1.20 bits per heavy atom. The number of carbonyl (C=O) groups excluding carboxylic acids is 1. The lowest BCUT2D eigenvalue weighted by Gasteiger charge is -2.29. The molecule has 10 heteroatoms. The summed E-state index contributed by atoms with van der Waals surface area (Å²) in [7, 11) is 0. The number of anilines is 4. The van der Waals surface area contributed by atoms with Crippen LogP contribution in [0.4, 0.5) is 36.5 Å². The highest BCUT2D eigenvalue weighted by atomic mass is 35.5. The van der Waals surface area contributed by atoms with E-state index in [9.17, 15) is 10.1 Å². The van der Waals surface area contributed by atoms with Crippen molar-refractivity contribution in [2.24, 2.45) is 5.73 Å². The van der Waals surface area contributed by atoms with E-state index in [-0.39, 0.29) is 23.8 Å². The molecular weight excluding hydrogens is 474 g/mol. The van der Waals surface area contributed by atoms with E-state index < -0.39 is 23.4 Å². The van der Waals surface area contributed by atoms with Gasteiger partial charge < -0.3 is 10.6 Å². The van der Waals surface area contributed by atoms with E-state index in [1.165, 1.54) is 29.3 Å². The second kappa shape index (κ2) is 8.80. The van der Waals surface area contributed by atoms with Crippen molar-refractivity contribution in [3.05, 3.63) is 64.8 Å². The molecule has 1 saturated heterocycles. The molecule has 5 rings (SSSR count). The van der Waals surface area contributed by atoms with Crippen LogP contribution in [0.2, 0.25) is 5.02 Å². The summed E-state index contributed by atoms with van der Waals surface area (Å²) >= 11 is 6.21. The van der Waals surface area contributed by atoms with Crippen LogP contribution < -0.4 is 20.4 Å². The minimum atomic E-state index is -0.907. The molecule has 1 aromatic heterocycles. The zero-order valence-corrected chi connectivity index (χ0v) is 19.6. The summed E-state index contributed by atoms with van der Waals surface area (Å²) in [4.78, 5) is 22.3. The molecule has 3 heterocycles. The average Bonchev–Trinajstić information content (AvgIpc) is 3.24. The van der Waals surface area contributed by atoms with Gasteiger partial charge in [-0.05, 0) is 43.7 Å². The Kier molecular flexibility index (Phi) is 5.79. The van der Waals surface area contributed by atoms with E-state index in [1.807, 2.05) is 11.0 Å². The van der Waals surface area contributed by atoms with E-state index >= 15 is 8.78 Å². The monoisotopic (exact) mass is 494 g/mol. The fourth-order valence-corrected chi connectivity index (χ4v) is 4.80. The third-order valence-corrected chi connectivity index (χ3v) is 6.51. The molecule has 2 N–H and O–H groups in total. The highest BCUT2D eigenvalue weighted by Crippen LogP contribution is 2.46. The van der Waals surface area contributed by atoms with Gasteiger partial charge >= 0.3 is 6.03 Å². The predicted octanol–water partition coefficient (Wildman–Crippen LogP) is 5.19. The molecule has 2 aromatic carbocycles. The normalized spacial score (nSPS) is 17.2. The highest BCUT2D eigenvalue weighted by molar-refractivity contribution is 6.31. The van der Waals surface area contributed by atoms with E-state index in [2.05, 4.69) is 4.98 Å². The van der Waals surface area contributed by atoms with Crippen molar-refractivity contribution in [2.45, 2.75) is 19.4 Å². The van der Waals surface area contributed by atoms with Crippen LogP contribution in [0.5, 0.6) is 0 Å². The summed E-state index contributed by atoms with van der Waals surface area (Å²) < 4.78 is 31.3. The van der Waals surface area contributed by atoms with Crippen LogP contribution in [0.1, 0.15) is 18.9 Å². The number of aromatic nitrogens is 1. The number of nitrogens with two attached hydrogens (primary N) is 1. The van der Waals surface area contributed by atoms with E-state index in [0.29, 0.717) is 40.7 Å². The lowest BCUT2D eigenvalue weighted by Crippen LogP contribution is -2.41. The fraction of sp³-hybridized carbons (Fsp3) is 0.240. The van der Waals surface area contributed by atoms with Crippen LogP contribution in [0, 0.1) is 23.0 Å². The molecule has 0 saturated carbocycles. The molecule has 0 aliphatic carbocycles. The first-order valence-corrected chi connectivity index (χ1v) is 11.5. The lowest BCUT2D eigenvalue weighted by molar-refractivity contribution is 0.253. The fourth-order valence-electron chi connectivity index (χ4n) is 4.64. The van der Waals surface area contributed by atoms with Crippen LogP contribution in [0.3, 0.4) is 0 Å². The molecule has 35 heavy (non-hydrogen) atoms. The number of hydrogen-bond donors (Lipinski definition) is 1. The van der Waals surface area contributed by atoms with Crippen molar-refractivity contribution >= 4 is 40.5 Å². The predicted molar refractivity (Wildman–Crippen MR) is 131 cm³/mol. The maximum atomic E-state index is 15.6. The number of nitriles is 1. The van der Waals surface area contributed by atoms with E-state index in [0.717, 1.165) is 11.3 Å². The van der Waals surface area contributed by atoms with Gasteiger partial charge in [0.2, 0.25) is 0 Å². The Labute approximate surface area is 205 Å². The number of nitrogens with zero attached hydrogens (tertiary/aromatic N) is 5. The van der Waals surface area contributed by atoms with Crippen LogP contribution in [-0.2, 0) is 0 Å². The lowest BCUT2D eigenvalue weighted by atomic mass is 10.0. The minimum absolute atomic E-state index is 0.0693. The van der Waals surface area contributed by atoms with Crippen LogP contribution >= 0.6 is 11.6 Å². The number of fused-ring (bicyclic) bond motifs is 3. The number of amides is 2. The first-order valence-electron chi connectivity index (χ1n) is 11.1. The van der Waals surface area contributed by atoms with Gasteiger partial charge in [0.15, 0.2) is 11.6 Å². The molecule has 7 nitrogen and oxygen atoms in total. The Morgan fingerprint density at radius 2 is 1.94 bits per heavy atom. The van der Waals surface area contributed by atoms with Gasteiger partial charge in [0.25, 0.3) is 0 Å². The number of carbonyl (C=O) groups is 1. The summed E-state index contributed by atoms with van der Waals surface area (Å²) in [6.07, 6.45) is 2.13. The molecule has 2 aliphatic heterocycles. The van der Waals surface area contributed by atoms with Crippen molar-refractivity contribution in [2.75, 3.05) is 34.3 Å². The number of rotatable bonds is 3. The first-order chi connectivity index (χ1) is 16.8. The Morgan fingerprint density at radius 3 is 2.57 bits per heavy atom. The molecule has 3 aromatic rings. The second-order valence-corrected chi connectivity index (χ2v) is 8.92. The topological polar surface area (TPSA) is 89.5 Å². The number of halogens is 3. The molecule has 1 fully saturated rings. The molecule has 178 valence electrons. The van der Waals surface area contributed by atoms with Gasteiger partial charge in [-0.3, -0.25) is 9.80 Å². The average molecular weight is 495 g/mol. The zero-order chi connectivity index (χ0) is 24.9. The molecule has 0 spiro atoms. The van der Waals surface area contributed by atoms with Gasteiger partial charge in [-0.15, -0.1) is 0 Å². The third kappa shape index (κ3) is 3.85. The summed E-state index contributed by atoms with van der Waals surface area (Å²) in [5.74, 6) is -1.51. The quantitative estimate of drug-likeness (QED) is 0.541. The maximum absolute atomic E-state index is 15.6. The van der Waals surface area contributed by atoms with E-state index in [1.54, 1.807) is 25.1 Å². The SMILES string of the molecule is CCN1C(=O)N(c2c(F)cc(N3CC[C@H](N)C3)cc2F)c2cc(C#N)ccc2-c2cc(Cl)cnc21. The molecule has 0 unspecified atom stereocenters. The standard InChI is InChI=1S/C25H21ClF2N6O/c1-2-33-24-19(8-15(26)12-31-24)18-4-3-14(11-29)7-22(18)34(25(33)35)23-20(27)9-17(10-21(23)28)32-6-5-16(30)13-32/h3-4,7-10,12,16H,2,5-6,13,30H2,1H3/t16-/m0/s1. The zero-order valence-electron chi connectivity index (χ0n) is 18.8. The largest absolute Gasteiger partial charge is 0.370 e. The second-order valence-electron chi connectivity index (χ2n) is 8.48. The number of pyridine rings is 1. The summed E-state index contributed by atoms with van der Waals surface area (Å²) in [5, 5.41) is 9.83. The van der Waals surface area contributed by atoms with Gasteiger partial charge in [0.1, 0.15) is 11.5 Å². The number of urea groups is 1. The Bertz CT molecular complexity index is 1370. The molecule has 1 atom stereocenters. The molecule has 2 aliphatic rings. The van der Waals surface area contributed by atoms with E-state index in [4.69, 9.17) is 17.3 Å². The van der Waals surface area contributed by atoms with Crippen molar-refractivity contribution in [3.8, 4) is 17.2 Å². The number of benzene rings is 2. The number of hydrogen-bond acceptors (Lipinski definition) is 5. The third-order valence-electron chi connectivity index (χ3n) is 6.30. The van der Waals surface area contributed by atoms with Gasteiger partial charge in [0, 0.05) is 48.7 Å². The summed E-state index contributed by atoms with van der Waals surface area (Å²) in [6, 6.07) is 9.94. The maximum Gasteiger partial charge on any atom is 0.334 e. The molecule has 0 bridgehead atoms. The van der Waals surface area contributed by atoms with Gasteiger partial charge in [-0.2, -0.15) is 5.26 Å². The molecule has 2 amide bonds. The smallest absolute Gasteiger partial charge is 0.334 e. The van der Waals surface area contributed by atoms with Gasteiger partial charge in [-0.1, -0.05) is 17.7 Å². The highest BCUT2D eigenvalue weighted by Gasteiger charge is 2.36. The Hall–Kier alpha value is -3.74. The van der Waals surface area contributed by atoms with Crippen molar-refractivity contribution in [1.29, 1.82) is 5.26 Å². The summed E-state index contributed by atoms with van der Waals surface area (Å²) in [5.41, 5.74) is 7.14. The Balaban J connectivity index is 1.74. The van der Waals surface area contributed by atoms with Crippen LogP contribution in [0.15, 0.2) is 42.6 Å². The van der Waals surface area contributed by atoms with Crippen LogP contribution in [0.25, 0.3) is 11.1 Å². The minimum Gasteiger partial charge on any atom is -0.370 e. The van der Waals surface area contributed by atoms with Crippen molar-refractivity contribution in [1.82, 2.24) is 4.98 Å². The van der Waals surface area contributed by atoms with Crippen molar-refractivity contribution < 1.29 is 13.6 Å². The van der Waals surface area contributed by atoms with Crippen molar-refractivity contribution in [3.63, 3.8) is 0 Å². The molecule has 0 radical (unpaired) electrons. The van der Waals surface area contributed by atoms with Crippen LogP contribution in [-0.4, -0.2) is 36.7 Å². The summed E-state index contributed by atoms with van der Waals surface area (Å²) in [6.45, 7) is 2.99. The molecular formula is C25H21ClF2N6O. The van der Waals surface area contributed by atoms with Gasteiger partial charge in [-0.25, -0.2) is 18.6 Å². The first kappa shape index (κ1) is 23.0.